The van der Waals surface area contributed by atoms with Crippen molar-refractivity contribution in [1.29, 1.82) is 0 Å². The number of sulfone groups is 1. The van der Waals surface area contributed by atoms with Gasteiger partial charge in [0.2, 0.25) is 0 Å². The monoisotopic (exact) mass is 606 g/mol. The Balaban J connectivity index is 1.47. The Morgan fingerprint density at radius 1 is 1.02 bits per heavy atom. The van der Waals surface area contributed by atoms with Crippen molar-refractivity contribution in [1.82, 2.24) is 14.6 Å². The maximum absolute atomic E-state index is 13.8. The van der Waals surface area contributed by atoms with Gasteiger partial charge in [0.25, 0.3) is 0 Å². The Morgan fingerprint density at radius 3 is 2.38 bits per heavy atom. The maximum Gasteiger partial charge on any atom is 0.416 e. The number of imidazole rings is 1. The molecule has 0 atom stereocenters. The van der Waals surface area contributed by atoms with Crippen molar-refractivity contribution < 1.29 is 26.3 Å². The van der Waals surface area contributed by atoms with Crippen molar-refractivity contribution in [2.24, 2.45) is 5.92 Å². The van der Waals surface area contributed by atoms with Gasteiger partial charge in [0.05, 0.1) is 41.7 Å². The molecule has 5 rings (SSSR count). The van der Waals surface area contributed by atoms with E-state index in [1.54, 1.807) is 13.0 Å². The van der Waals surface area contributed by atoms with Crippen LogP contribution in [0.5, 0.6) is 0 Å². The van der Waals surface area contributed by atoms with Gasteiger partial charge in [0.1, 0.15) is 15.7 Å². The molecule has 0 aliphatic carbocycles. The molecular formula is C31H41F3N4O3S. The Bertz CT molecular complexity index is 1480. The number of benzene rings is 1. The van der Waals surface area contributed by atoms with Crippen LogP contribution in [0.3, 0.4) is 0 Å². The highest BCUT2D eigenvalue weighted by molar-refractivity contribution is 7.91. The molecule has 7 nitrogen and oxygen atoms in total. The number of ether oxygens (including phenoxy) is 1. The molecule has 3 aromatic rings. The molecule has 0 saturated carbocycles. The predicted molar refractivity (Wildman–Crippen MR) is 158 cm³/mol. The summed E-state index contributed by atoms with van der Waals surface area (Å²) < 4.78 is 72.9. The van der Waals surface area contributed by atoms with E-state index < -0.39 is 21.6 Å². The average Bonchev–Trinajstić information content (AvgIpc) is 3.30. The van der Waals surface area contributed by atoms with Gasteiger partial charge in [0.15, 0.2) is 5.65 Å². The number of nitrogens with zero attached hydrogens (tertiary/aromatic N) is 4. The van der Waals surface area contributed by atoms with Crippen LogP contribution in [0.4, 0.5) is 19.0 Å². The van der Waals surface area contributed by atoms with Crippen LogP contribution in [0.2, 0.25) is 0 Å². The number of hydrogen-bond acceptors (Lipinski definition) is 6. The van der Waals surface area contributed by atoms with Gasteiger partial charge in [0, 0.05) is 19.5 Å². The van der Waals surface area contributed by atoms with Gasteiger partial charge in [-0.25, -0.2) is 17.9 Å². The van der Waals surface area contributed by atoms with Gasteiger partial charge < -0.3 is 9.64 Å². The zero-order chi connectivity index (χ0) is 29.9. The zero-order valence-electron chi connectivity index (χ0n) is 24.5. The van der Waals surface area contributed by atoms with Crippen LogP contribution in [-0.2, 0) is 33.6 Å². The molecule has 0 N–H and O–H groups in total. The van der Waals surface area contributed by atoms with Crippen molar-refractivity contribution in [2.45, 2.75) is 77.8 Å². The molecule has 0 amide bonds. The highest BCUT2D eigenvalue weighted by Gasteiger charge is 2.33. The van der Waals surface area contributed by atoms with Crippen LogP contribution in [0, 0.1) is 19.8 Å². The van der Waals surface area contributed by atoms with Crippen molar-refractivity contribution in [3.63, 3.8) is 0 Å². The van der Waals surface area contributed by atoms with E-state index in [9.17, 15) is 21.6 Å². The number of anilines is 1. The number of aromatic nitrogens is 3. The lowest BCUT2D eigenvalue weighted by atomic mass is 9.90. The number of alkyl halides is 3. The van der Waals surface area contributed by atoms with E-state index in [0.717, 1.165) is 79.7 Å². The molecule has 1 aromatic carbocycles. The first-order chi connectivity index (χ1) is 20.0. The van der Waals surface area contributed by atoms with Crippen LogP contribution in [-0.4, -0.2) is 60.8 Å². The molecule has 230 valence electrons. The van der Waals surface area contributed by atoms with E-state index in [1.165, 1.54) is 6.07 Å². The zero-order valence-corrected chi connectivity index (χ0v) is 25.4. The molecule has 0 unspecified atom stereocenters. The fourth-order valence-corrected chi connectivity index (χ4v) is 7.81. The molecule has 0 spiro atoms. The van der Waals surface area contributed by atoms with Crippen molar-refractivity contribution in [3.05, 3.63) is 57.9 Å². The number of fused-ring (bicyclic) bond motifs is 1. The fraction of sp³-hybridized carbons (Fsp3) is 0.613. The third-order valence-electron chi connectivity index (χ3n) is 8.80. The smallest absolute Gasteiger partial charge is 0.378 e. The third kappa shape index (κ3) is 7.27. The maximum atomic E-state index is 13.8. The van der Waals surface area contributed by atoms with E-state index in [-0.39, 0.29) is 17.1 Å². The van der Waals surface area contributed by atoms with Gasteiger partial charge in [-0.05, 0) is 74.3 Å². The van der Waals surface area contributed by atoms with Crippen molar-refractivity contribution in [2.75, 3.05) is 42.7 Å². The minimum absolute atomic E-state index is 0.231. The highest BCUT2D eigenvalue weighted by Crippen LogP contribution is 2.34. The summed E-state index contributed by atoms with van der Waals surface area (Å²) in [6.45, 7) is 6.25. The highest BCUT2D eigenvalue weighted by atomic mass is 32.2. The number of hydrogen-bond donors (Lipinski definition) is 0. The minimum atomic E-state index is -4.42. The lowest BCUT2D eigenvalue weighted by Gasteiger charge is -2.28. The van der Waals surface area contributed by atoms with E-state index in [4.69, 9.17) is 14.8 Å². The van der Waals surface area contributed by atoms with Gasteiger partial charge in [-0.1, -0.05) is 37.8 Å². The molecule has 2 aliphatic rings. The first kappa shape index (κ1) is 30.8. The lowest BCUT2D eigenvalue weighted by molar-refractivity contribution is -0.138. The summed E-state index contributed by atoms with van der Waals surface area (Å²) in [5, 5.41) is 4.98. The Kier molecular flexibility index (Phi) is 9.47. The minimum Gasteiger partial charge on any atom is -0.378 e. The second kappa shape index (κ2) is 12.9. The topological polar surface area (TPSA) is 76.8 Å². The van der Waals surface area contributed by atoms with E-state index in [1.807, 2.05) is 17.5 Å². The molecule has 2 saturated heterocycles. The number of aryl methyl sites for hydroxylation is 2. The van der Waals surface area contributed by atoms with Crippen molar-refractivity contribution >= 4 is 21.3 Å². The van der Waals surface area contributed by atoms with Crippen LogP contribution < -0.4 is 4.90 Å². The number of halogens is 3. The van der Waals surface area contributed by atoms with Gasteiger partial charge in [-0.2, -0.15) is 13.2 Å². The summed E-state index contributed by atoms with van der Waals surface area (Å²) in [6, 6.07) is 6.41. The lowest BCUT2D eigenvalue weighted by Crippen LogP contribution is -2.37. The van der Waals surface area contributed by atoms with Crippen LogP contribution in [0.25, 0.3) is 5.65 Å². The van der Waals surface area contributed by atoms with Crippen molar-refractivity contribution in [3.8, 4) is 0 Å². The molecule has 2 fully saturated rings. The summed E-state index contributed by atoms with van der Waals surface area (Å²) >= 11 is 0. The van der Waals surface area contributed by atoms with Gasteiger partial charge in [-0.3, -0.25) is 0 Å². The normalized spacial score (nSPS) is 19.3. The van der Waals surface area contributed by atoms with Crippen LogP contribution in [0.1, 0.15) is 78.6 Å². The standard InChI is InChI=1S/C31H41F3N4O3S/c1-22-20-29(37-14-16-41-17-15-37)36-38-28(21-25-10-7-11-26(23(25)2)31(32,33)34)27(35-30(22)38)13-12-24-8-3-5-18-42(39,40)19-6-4-9-24/h7,10-11,20,24H,3-6,8-9,12-19,21H2,1-2H3. The molecule has 2 aliphatic heterocycles. The van der Waals surface area contributed by atoms with Gasteiger partial charge >= 0.3 is 6.18 Å². The first-order valence-corrected chi connectivity index (χ1v) is 16.9. The molecule has 0 bridgehead atoms. The summed E-state index contributed by atoms with van der Waals surface area (Å²) in [4.78, 5) is 7.21. The number of rotatable bonds is 6. The SMILES string of the molecule is Cc1c(Cc2c(CCC3CCCCS(=O)(=O)CCCC3)nc3c(C)cc(N4CCOCC4)nn23)cccc1C(F)(F)F. The van der Waals surface area contributed by atoms with E-state index in [2.05, 4.69) is 4.90 Å². The Labute approximate surface area is 246 Å². The van der Waals surface area contributed by atoms with Crippen LogP contribution >= 0.6 is 0 Å². The summed E-state index contributed by atoms with van der Waals surface area (Å²) in [6.07, 6.45) is 2.59. The molecule has 11 heteroatoms. The summed E-state index contributed by atoms with van der Waals surface area (Å²) in [7, 11) is -2.94. The summed E-state index contributed by atoms with van der Waals surface area (Å²) in [5.41, 5.74) is 3.64. The second-order valence-corrected chi connectivity index (χ2v) is 14.1. The molecule has 0 radical (unpaired) electrons. The predicted octanol–water partition coefficient (Wildman–Crippen LogP) is 6.11. The second-order valence-electron chi connectivity index (χ2n) is 11.8. The quantitative estimate of drug-likeness (QED) is 0.337. The molecule has 42 heavy (non-hydrogen) atoms. The van der Waals surface area contributed by atoms with Crippen LogP contribution in [0.15, 0.2) is 24.3 Å². The van der Waals surface area contributed by atoms with E-state index in [0.29, 0.717) is 50.4 Å². The average molecular weight is 607 g/mol. The summed E-state index contributed by atoms with van der Waals surface area (Å²) in [5.74, 6) is 1.81. The van der Waals surface area contributed by atoms with Gasteiger partial charge in [-0.15, -0.1) is 5.10 Å². The van der Waals surface area contributed by atoms with E-state index >= 15 is 0 Å². The fourth-order valence-electron chi connectivity index (χ4n) is 6.31. The third-order valence-corrected chi connectivity index (χ3v) is 10.6. The first-order valence-electron chi connectivity index (χ1n) is 15.1. The molecule has 2 aromatic heterocycles. The molecule has 4 heterocycles. The Morgan fingerprint density at radius 2 is 1.71 bits per heavy atom. The number of morpholine rings is 1. The largest absolute Gasteiger partial charge is 0.416 e. The molecular weight excluding hydrogens is 565 g/mol. The Hall–Kier alpha value is -2.66.